The van der Waals surface area contributed by atoms with E-state index in [2.05, 4.69) is 4.98 Å². The molecule has 0 saturated carbocycles. The molecule has 0 unspecified atom stereocenters. The summed E-state index contributed by atoms with van der Waals surface area (Å²) in [6, 6.07) is 12.1. The number of carbonyl (C=O) groups is 1. The summed E-state index contributed by atoms with van der Waals surface area (Å²) in [6.45, 7) is 0. The van der Waals surface area contributed by atoms with Gasteiger partial charge >= 0.3 is 0 Å². The third-order valence-electron chi connectivity index (χ3n) is 3.50. The molecule has 2 aromatic carbocycles. The zero-order valence-corrected chi connectivity index (χ0v) is 14.6. The molecular formula is C16H13N3O3S2. The number of hydrogen-bond donors (Lipinski definition) is 0. The number of amides is 1. The number of fused-ring (bicyclic) bond motifs is 1. The van der Waals surface area contributed by atoms with E-state index in [1.807, 2.05) is 30.5 Å². The van der Waals surface area contributed by atoms with Gasteiger partial charge in [0.25, 0.3) is 11.6 Å². The summed E-state index contributed by atoms with van der Waals surface area (Å²) in [4.78, 5) is 30.1. The minimum atomic E-state index is -0.538. The van der Waals surface area contributed by atoms with Crippen LogP contribution in [-0.4, -0.2) is 29.1 Å². The van der Waals surface area contributed by atoms with Crippen molar-refractivity contribution in [2.24, 2.45) is 0 Å². The molecule has 3 rings (SSSR count). The normalized spacial score (nSPS) is 10.8. The zero-order valence-electron chi connectivity index (χ0n) is 12.9. The number of hydrogen-bond acceptors (Lipinski definition) is 6. The van der Waals surface area contributed by atoms with Gasteiger partial charge in [-0.1, -0.05) is 23.5 Å². The topological polar surface area (TPSA) is 76.3 Å². The lowest BCUT2D eigenvalue weighted by molar-refractivity contribution is -0.385. The van der Waals surface area contributed by atoms with Gasteiger partial charge in [0.2, 0.25) is 0 Å². The van der Waals surface area contributed by atoms with Crippen LogP contribution in [0.1, 0.15) is 10.4 Å². The summed E-state index contributed by atoms with van der Waals surface area (Å²) in [5.74, 6) is -0.448. The van der Waals surface area contributed by atoms with E-state index in [9.17, 15) is 14.9 Å². The highest BCUT2D eigenvalue weighted by atomic mass is 32.2. The number of rotatable bonds is 4. The van der Waals surface area contributed by atoms with Crippen LogP contribution in [0, 0.1) is 10.1 Å². The molecule has 0 fully saturated rings. The summed E-state index contributed by atoms with van der Waals surface area (Å²) in [7, 11) is 1.58. The Labute approximate surface area is 146 Å². The Bertz CT molecular complexity index is 906. The fraction of sp³-hybridized carbons (Fsp3) is 0.125. The van der Waals surface area contributed by atoms with Crippen molar-refractivity contribution in [3.63, 3.8) is 0 Å². The largest absolute Gasteiger partial charge is 0.287 e. The average Bonchev–Trinajstić information content (AvgIpc) is 3.03. The van der Waals surface area contributed by atoms with E-state index < -0.39 is 10.8 Å². The van der Waals surface area contributed by atoms with Crippen molar-refractivity contribution >= 4 is 50.0 Å². The fourth-order valence-electron chi connectivity index (χ4n) is 2.24. The number of thioether (sulfide) groups is 1. The van der Waals surface area contributed by atoms with Crippen LogP contribution >= 0.6 is 23.1 Å². The molecule has 0 N–H and O–H groups in total. The molecule has 1 aromatic heterocycles. The van der Waals surface area contributed by atoms with Gasteiger partial charge in [-0.05, 0) is 30.5 Å². The SMILES string of the molecule is CSc1ccc([N+](=O)[O-])c(C(=O)N(C)c2nc3ccccc3s2)c1. The second kappa shape index (κ2) is 6.58. The second-order valence-electron chi connectivity index (χ2n) is 4.97. The van der Waals surface area contributed by atoms with Crippen molar-refractivity contribution < 1.29 is 9.72 Å². The van der Waals surface area contributed by atoms with Gasteiger partial charge < -0.3 is 0 Å². The number of aromatic nitrogens is 1. The monoisotopic (exact) mass is 359 g/mol. The first-order chi connectivity index (χ1) is 11.5. The van der Waals surface area contributed by atoms with Crippen LogP contribution in [0.15, 0.2) is 47.4 Å². The third-order valence-corrected chi connectivity index (χ3v) is 5.34. The molecule has 0 aliphatic rings. The Morgan fingerprint density at radius 2 is 2.04 bits per heavy atom. The maximum Gasteiger partial charge on any atom is 0.282 e. The molecule has 24 heavy (non-hydrogen) atoms. The van der Waals surface area contributed by atoms with Gasteiger partial charge in [-0.15, -0.1) is 11.8 Å². The molecule has 3 aromatic rings. The van der Waals surface area contributed by atoms with E-state index in [0.29, 0.717) is 5.13 Å². The van der Waals surface area contributed by atoms with Gasteiger partial charge in [0.15, 0.2) is 5.13 Å². The van der Waals surface area contributed by atoms with E-state index >= 15 is 0 Å². The number of anilines is 1. The maximum atomic E-state index is 12.8. The Kier molecular flexibility index (Phi) is 4.50. The molecule has 0 aliphatic heterocycles. The van der Waals surface area contributed by atoms with Gasteiger partial charge in [0, 0.05) is 18.0 Å². The maximum absolute atomic E-state index is 12.8. The number of nitro benzene ring substituents is 1. The number of carbonyl (C=O) groups excluding carboxylic acids is 1. The van der Waals surface area contributed by atoms with Crippen LogP contribution in [0.3, 0.4) is 0 Å². The van der Waals surface area contributed by atoms with Crippen molar-refractivity contribution in [3.05, 3.63) is 58.1 Å². The van der Waals surface area contributed by atoms with E-state index in [0.717, 1.165) is 15.1 Å². The molecule has 122 valence electrons. The molecule has 0 bridgehead atoms. The number of benzene rings is 2. The van der Waals surface area contributed by atoms with Gasteiger partial charge in [-0.2, -0.15) is 0 Å². The average molecular weight is 359 g/mol. The highest BCUT2D eigenvalue weighted by Gasteiger charge is 2.25. The third kappa shape index (κ3) is 2.98. The highest BCUT2D eigenvalue weighted by molar-refractivity contribution is 7.98. The minimum Gasteiger partial charge on any atom is -0.287 e. The van der Waals surface area contributed by atoms with Crippen LogP contribution in [0.4, 0.5) is 10.8 Å². The molecule has 6 nitrogen and oxygen atoms in total. The Balaban J connectivity index is 2.02. The first-order valence-electron chi connectivity index (χ1n) is 6.97. The summed E-state index contributed by atoms with van der Waals surface area (Å²) in [5, 5.41) is 11.7. The molecule has 1 heterocycles. The van der Waals surface area contributed by atoms with E-state index in [-0.39, 0.29) is 11.3 Å². The minimum absolute atomic E-state index is 0.0635. The number of para-hydroxylation sites is 1. The van der Waals surface area contributed by atoms with E-state index in [1.54, 1.807) is 19.2 Å². The first-order valence-corrected chi connectivity index (χ1v) is 9.01. The van der Waals surface area contributed by atoms with Crippen LogP contribution < -0.4 is 4.90 Å². The van der Waals surface area contributed by atoms with Gasteiger partial charge in [0.05, 0.1) is 15.1 Å². The first kappa shape index (κ1) is 16.4. The van der Waals surface area contributed by atoms with Crippen molar-refractivity contribution in [1.82, 2.24) is 4.98 Å². The molecular weight excluding hydrogens is 346 g/mol. The summed E-state index contributed by atoms with van der Waals surface area (Å²) in [6.07, 6.45) is 1.85. The zero-order chi connectivity index (χ0) is 17.3. The predicted octanol–water partition coefficient (Wildman–Crippen LogP) is 4.20. The Morgan fingerprint density at radius 3 is 2.71 bits per heavy atom. The van der Waals surface area contributed by atoms with E-state index in [4.69, 9.17) is 0 Å². The lowest BCUT2D eigenvalue weighted by Crippen LogP contribution is -2.26. The Morgan fingerprint density at radius 1 is 1.29 bits per heavy atom. The van der Waals surface area contributed by atoms with E-state index in [1.165, 1.54) is 34.1 Å². The standard InChI is InChI=1S/C16H13N3O3S2/c1-18(16-17-12-5-3-4-6-14(12)24-16)15(20)11-9-10(23-2)7-8-13(11)19(21)22/h3-9H,1-2H3. The predicted molar refractivity (Wildman–Crippen MR) is 97.2 cm³/mol. The lowest BCUT2D eigenvalue weighted by atomic mass is 10.1. The summed E-state index contributed by atoms with van der Waals surface area (Å²) in [5.41, 5.74) is 0.656. The lowest BCUT2D eigenvalue weighted by Gasteiger charge is -2.14. The molecule has 0 atom stereocenters. The van der Waals surface area contributed by atoms with Crippen LogP contribution in [0.5, 0.6) is 0 Å². The van der Waals surface area contributed by atoms with Crippen LogP contribution in [-0.2, 0) is 0 Å². The molecule has 0 spiro atoms. The van der Waals surface area contributed by atoms with Crippen molar-refractivity contribution in [2.45, 2.75) is 4.90 Å². The molecule has 0 radical (unpaired) electrons. The number of thiazole rings is 1. The van der Waals surface area contributed by atoms with Gasteiger partial charge in [0.1, 0.15) is 5.56 Å². The van der Waals surface area contributed by atoms with Crippen LogP contribution in [0.2, 0.25) is 0 Å². The number of nitro groups is 1. The van der Waals surface area contributed by atoms with Crippen LogP contribution in [0.25, 0.3) is 10.2 Å². The van der Waals surface area contributed by atoms with Crippen molar-refractivity contribution in [1.29, 1.82) is 0 Å². The fourth-order valence-corrected chi connectivity index (χ4v) is 3.61. The molecule has 0 saturated heterocycles. The van der Waals surface area contributed by atoms with Gasteiger partial charge in [-0.3, -0.25) is 19.8 Å². The van der Waals surface area contributed by atoms with Crippen molar-refractivity contribution in [2.75, 3.05) is 18.2 Å². The second-order valence-corrected chi connectivity index (χ2v) is 6.86. The summed E-state index contributed by atoms with van der Waals surface area (Å²) >= 11 is 2.80. The molecule has 8 heteroatoms. The van der Waals surface area contributed by atoms with Crippen molar-refractivity contribution in [3.8, 4) is 0 Å². The van der Waals surface area contributed by atoms with Gasteiger partial charge in [-0.25, -0.2) is 4.98 Å². The Hall–Kier alpha value is -2.45. The molecule has 0 aliphatic carbocycles. The number of nitrogens with zero attached hydrogens (tertiary/aromatic N) is 3. The summed E-state index contributed by atoms with van der Waals surface area (Å²) < 4.78 is 0.958. The smallest absolute Gasteiger partial charge is 0.282 e. The quantitative estimate of drug-likeness (QED) is 0.396. The highest BCUT2D eigenvalue weighted by Crippen LogP contribution is 2.31. The molecule has 1 amide bonds.